The van der Waals surface area contributed by atoms with Gasteiger partial charge in [0.1, 0.15) is 0 Å². The van der Waals surface area contributed by atoms with Gasteiger partial charge < -0.3 is 11.5 Å². The van der Waals surface area contributed by atoms with E-state index in [0.717, 1.165) is 43.5 Å². The van der Waals surface area contributed by atoms with E-state index < -0.39 is 0 Å². The van der Waals surface area contributed by atoms with Crippen molar-refractivity contribution in [2.45, 2.75) is 50.6 Å². The van der Waals surface area contributed by atoms with Gasteiger partial charge in [-0.15, -0.1) is 0 Å². The summed E-state index contributed by atoms with van der Waals surface area (Å²) in [6.07, 6.45) is 10.3. The summed E-state index contributed by atoms with van der Waals surface area (Å²) in [7, 11) is 0. The molecule has 5 heteroatoms. The van der Waals surface area contributed by atoms with Crippen LogP contribution in [0, 0.1) is 44.1 Å². The molecule has 0 bridgehead atoms. The molecule has 4 nitrogen and oxygen atoms in total. The normalized spacial score (nSPS) is 21.8. The van der Waals surface area contributed by atoms with Crippen molar-refractivity contribution in [3.63, 3.8) is 0 Å². The molecule has 0 saturated carbocycles. The quantitative estimate of drug-likeness (QED) is 0.570. The van der Waals surface area contributed by atoms with Crippen molar-refractivity contribution in [1.82, 2.24) is 9.97 Å². The molecule has 2 aliphatic carbocycles. The van der Waals surface area contributed by atoms with Gasteiger partial charge in [-0.05, 0) is 48.9 Å². The Morgan fingerprint density at radius 1 is 0.913 bits per heavy atom. The summed E-state index contributed by atoms with van der Waals surface area (Å²) in [4.78, 5) is 8.49. The van der Waals surface area contributed by atoms with Crippen LogP contribution in [0.3, 0.4) is 0 Å². The Kier molecular flexibility index (Phi) is 7.62. The summed E-state index contributed by atoms with van der Waals surface area (Å²) in [6.45, 7) is 0. The number of rotatable bonds is 0. The SMILES string of the molecule is N[C@H]1CCCc2cccnc21.[Ac].[NH-][C@@H]1CCCc2cccnc21. The maximum absolute atomic E-state index is 7.69. The number of nitrogens with one attached hydrogen (secondary N) is 1. The minimum absolute atomic E-state index is 0. The molecule has 0 saturated heterocycles. The third-order valence-corrected chi connectivity index (χ3v) is 4.43. The monoisotopic (exact) mass is 522 g/mol. The van der Waals surface area contributed by atoms with Gasteiger partial charge in [-0.2, -0.15) is 0 Å². The molecule has 0 spiro atoms. The maximum Gasteiger partial charge on any atom is 0.0602 e. The summed E-state index contributed by atoms with van der Waals surface area (Å²) in [5.41, 5.74) is 18.3. The zero-order valence-electron chi connectivity index (χ0n) is 13.4. The van der Waals surface area contributed by atoms with E-state index in [-0.39, 0.29) is 56.1 Å². The van der Waals surface area contributed by atoms with Crippen molar-refractivity contribution < 1.29 is 44.1 Å². The fraction of sp³-hybridized carbons (Fsp3) is 0.444. The Hall–Kier alpha value is -0.338. The zero-order chi connectivity index (χ0) is 15.4. The van der Waals surface area contributed by atoms with E-state index in [0.29, 0.717) is 0 Å². The fourth-order valence-corrected chi connectivity index (χ4v) is 3.25. The zero-order valence-corrected chi connectivity index (χ0v) is 18.2. The van der Waals surface area contributed by atoms with Crippen molar-refractivity contribution in [1.29, 1.82) is 0 Å². The molecule has 0 unspecified atom stereocenters. The van der Waals surface area contributed by atoms with Crippen LogP contribution < -0.4 is 5.73 Å². The number of pyridine rings is 2. The Balaban J connectivity index is 0.000000160. The number of aromatic nitrogens is 2. The second-order valence-electron chi connectivity index (χ2n) is 6.04. The molecule has 119 valence electrons. The number of hydrogen-bond donors (Lipinski definition) is 1. The van der Waals surface area contributed by atoms with E-state index in [1.165, 1.54) is 17.5 Å². The Morgan fingerprint density at radius 2 is 1.48 bits per heavy atom. The van der Waals surface area contributed by atoms with Crippen LogP contribution in [-0.4, -0.2) is 9.97 Å². The first-order valence-electron chi connectivity index (χ1n) is 8.10. The maximum atomic E-state index is 7.69. The van der Waals surface area contributed by atoms with Crippen LogP contribution >= 0.6 is 0 Å². The van der Waals surface area contributed by atoms with Crippen LogP contribution in [0.4, 0.5) is 0 Å². The van der Waals surface area contributed by atoms with Gasteiger partial charge >= 0.3 is 0 Å². The predicted molar refractivity (Wildman–Crippen MR) is 88.3 cm³/mol. The summed E-state index contributed by atoms with van der Waals surface area (Å²) >= 11 is 0. The third kappa shape index (κ3) is 4.82. The van der Waals surface area contributed by atoms with E-state index in [2.05, 4.69) is 22.1 Å². The predicted octanol–water partition coefficient (Wildman–Crippen LogP) is 3.93. The van der Waals surface area contributed by atoms with Gasteiger partial charge in [0.25, 0.3) is 0 Å². The van der Waals surface area contributed by atoms with Gasteiger partial charge in [0.05, 0.1) is 5.69 Å². The first-order valence-corrected chi connectivity index (χ1v) is 8.10. The van der Waals surface area contributed by atoms with Gasteiger partial charge in [-0.3, -0.25) is 9.97 Å². The number of aryl methyl sites for hydroxylation is 2. The number of fused-ring (bicyclic) bond motifs is 2. The standard InChI is InChI=1S/C9H12N2.C9H11N2.Ac/c2*10-8-5-1-3-7-4-2-6-11-9(7)8;/h2,4,6,8H,1,3,5,10H2;2,4,6,8,10H,1,3,5H2;/q;-1;/t2*8-;/m01./s1. The van der Waals surface area contributed by atoms with Gasteiger partial charge in [0, 0.05) is 68.2 Å². The molecule has 1 radical (unpaired) electrons. The van der Waals surface area contributed by atoms with Crippen LogP contribution in [-0.2, 0) is 12.8 Å². The number of nitrogens with zero attached hydrogens (tertiary/aromatic N) is 2. The Bertz CT molecular complexity index is 576. The fourth-order valence-electron chi connectivity index (χ4n) is 3.25. The summed E-state index contributed by atoms with van der Waals surface area (Å²) in [6, 6.07) is 8.26. The molecule has 2 aliphatic rings. The molecule has 4 rings (SSSR count). The van der Waals surface area contributed by atoms with Crippen LogP contribution in [0.15, 0.2) is 36.7 Å². The summed E-state index contributed by atoms with van der Waals surface area (Å²) < 4.78 is 0. The van der Waals surface area contributed by atoms with E-state index >= 15 is 0 Å². The second-order valence-corrected chi connectivity index (χ2v) is 6.04. The molecule has 2 aromatic rings. The molecule has 2 aromatic heterocycles. The molecule has 3 N–H and O–H groups in total. The van der Waals surface area contributed by atoms with Crippen molar-refractivity contribution in [2.75, 3.05) is 0 Å². The van der Waals surface area contributed by atoms with Crippen molar-refractivity contribution in [2.24, 2.45) is 5.73 Å². The Labute approximate surface area is 174 Å². The van der Waals surface area contributed by atoms with Crippen LogP contribution in [0.25, 0.3) is 5.73 Å². The third-order valence-electron chi connectivity index (χ3n) is 4.43. The molecule has 0 amide bonds. The first-order chi connectivity index (χ1) is 10.8. The molecule has 2 heterocycles. The minimum Gasteiger partial charge on any atom is -0.670 e. The van der Waals surface area contributed by atoms with E-state index in [4.69, 9.17) is 11.5 Å². The average molecular weight is 522 g/mol. The molecule has 0 fully saturated rings. The molecule has 0 aliphatic heterocycles. The molecular weight excluding hydrogens is 499 g/mol. The molecule has 23 heavy (non-hydrogen) atoms. The Morgan fingerprint density at radius 3 is 2.09 bits per heavy atom. The second kappa shape index (κ2) is 9.22. The first kappa shape index (κ1) is 19.0. The molecule has 0 aromatic carbocycles. The topological polar surface area (TPSA) is 75.6 Å². The summed E-state index contributed by atoms with van der Waals surface area (Å²) in [5, 5.41) is 0. The van der Waals surface area contributed by atoms with Crippen LogP contribution in [0.5, 0.6) is 0 Å². The number of nitrogens with two attached hydrogens (primary N) is 1. The van der Waals surface area contributed by atoms with Crippen molar-refractivity contribution in [3.8, 4) is 0 Å². The number of hydrogen-bond acceptors (Lipinski definition) is 3. The summed E-state index contributed by atoms with van der Waals surface area (Å²) in [5.74, 6) is 0. The smallest absolute Gasteiger partial charge is 0.0602 e. The van der Waals surface area contributed by atoms with E-state index in [1.54, 1.807) is 6.20 Å². The van der Waals surface area contributed by atoms with E-state index in [1.807, 2.05) is 18.3 Å². The average Bonchev–Trinajstić information content (AvgIpc) is 2.57. The molecule has 2 atom stereocenters. The van der Waals surface area contributed by atoms with Gasteiger partial charge in [-0.1, -0.05) is 31.0 Å². The van der Waals surface area contributed by atoms with Gasteiger partial charge in [0.15, 0.2) is 0 Å². The van der Waals surface area contributed by atoms with Crippen LogP contribution in [0.1, 0.15) is 60.3 Å². The minimum atomic E-state index is -0.0695. The van der Waals surface area contributed by atoms with Crippen molar-refractivity contribution >= 4 is 0 Å². The van der Waals surface area contributed by atoms with Crippen molar-refractivity contribution in [3.05, 3.63) is 64.9 Å². The molecular formula is C18H23AcN4-. The van der Waals surface area contributed by atoms with Gasteiger partial charge in [-0.25, -0.2) is 0 Å². The largest absolute Gasteiger partial charge is 0.670 e. The van der Waals surface area contributed by atoms with Crippen LogP contribution in [0.2, 0.25) is 0 Å². The van der Waals surface area contributed by atoms with Gasteiger partial charge in [0.2, 0.25) is 0 Å². The van der Waals surface area contributed by atoms with E-state index in [9.17, 15) is 0 Å².